The standard InChI is InChI=1S/C13H15F2NO/c14-9-1-4-11(15)12(7-9)17-13(5-6-13)8-16-10-2-3-10/h1,4,7,10,16H,2-3,5-6,8H2. The smallest absolute Gasteiger partial charge is 0.165 e. The van der Waals surface area contributed by atoms with Gasteiger partial charge in [-0.1, -0.05) is 0 Å². The number of ether oxygens (including phenoxy) is 1. The van der Waals surface area contributed by atoms with Gasteiger partial charge in [0.1, 0.15) is 11.4 Å². The van der Waals surface area contributed by atoms with Crippen LogP contribution >= 0.6 is 0 Å². The van der Waals surface area contributed by atoms with E-state index in [9.17, 15) is 8.78 Å². The highest BCUT2D eigenvalue weighted by Crippen LogP contribution is 2.41. The van der Waals surface area contributed by atoms with Crippen LogP contribution in [0.2, 0.25) is 0 Å². The summed E-state index contributed by atoms with van der Waals surface area (Å²) in [6, 6.07) is 3.93. The van der Waals surface area contributed by atoms with E-state index in [1.165, 1.54) is 12.8 Å². The zero-order valence-electron chi connectivity index (χ0n) is 9.51. The van der Waals surface area contributed by atoms with Crippen molar-refractivity contribution in [3.05, 3.63) is 29.8 Å². The normalized spacial score (nSPS) is 21.3. The van der Waals surface area contributed by atoms with Gasteiger partial charge >= 0.3 is 0 Å². The number of hydrogen-bond donors (Lipinski definition) is 1. The predicted molar refractivity (Wildman–Crippen MR) is 60.0 cm³/mol. The van der Waals surface area contributed by atoms with Gasteiger partial charge < -0.3 is 10.1 Å². The number of benzene rings is 1. The molecule has 0 amide bonds. The Balaban J connectivity index is 1.66. The molecule has 1 N–H and O–H groups in total. The third-order valence-corrected chi connectivity index (χ3v) is 3.32. The second-order valence-electron chi connectivity index (χ2n) is 5.01. The summed E-state index contributed by atoms with van der Waals surface area (Å²) in [5.74, 6) is -0.934. The molecule has 2 aliphatic rings. The number of rotatable bonds is 5. The molecule has 92 valence electrons. The largest absolute Gasteiger partial charge is 0.483 e. The molecule has 0 saturated heterocycles. The lowest BCUT2D eigenvalue weighted by atomic mass is 10.3. The molecule has 4 heteroatoms. The van der Waals surface area contributed by atoms with Gasteiger partial charge in [0.2, 0.25) is 0 Å². The minimum Gasteiger partial charge on any atom is -0.483 e. The van der Waals surface area contributed by atoms with E-state index in [1.807, 2.05) is 0 Å². The van der Waals surface area contributed by atoms with Crippen LogP contribution in [-0.2, 0) is 0 Å². The van der Waals surface area contributed by atoms with Gasteiger partial charge in [0.15, 0.2) is 11.6 Å². The van der Waals surface area contributed by atoms with Crippen molar-refractivity contribution in [2.45, 2.75) is 37.3 Å². The highest BCUT2D eigenvalue weighted by Gasteiger charge is 2.46. The first-order valence-corrected chi connectivity index (χ1v) is 6.04. The monoisotopic (exact) mass is 239 g/mol. The second-order valence-corrected chi connectivity index (χ2v) is 5.01. The van der Waals surface area contributed by atoms with Gasteiger partial charge in [-0.05, 0) is 37.8 Å². The maximum atomic E-state index is 13.4. The van der Waals surface area contributed by atoms with Crippen LogP contribution in [0.1, 0.15) is 25.7 Å². The van der Waals surface area contributed by atoms with E-state index in [2.05, 4.69) is 5.32 Å². The van der Waals surface area contributed by atoms with Gasteiger partial charge in [-0.2, -0.15) is 0 Å². The molecule has 2 fully saturated rings. The minimum atomic E-state index is -0.496. The van der Waals surface area contributed by atoms with Crippen LogP contribution < -0.4 is 10.1 Å². The lowest BCUT2D eigenvalue weighted by molar-refractivity contribution is 0.166. The highest BCUT2D eigenvalue weighted by molar-refractivity contribution is 5.27. The molecule has 2 nitrogen and oxygen atoms in total. The summed E-state index contributed by atoms with van der Waals surface area (Å²) in [6.45, 7) is 0.730. The molecule has 0 unspecified atom stereocenters. The van der Waals surface area contributed by atoms with Crippen LogP contribution in [0.5, 0.6) is 5.75 Å². The Morgan fingerprint density at radius 2 is 2.06 bits per heavy atom. The third kappa shape index (κ3) is 2.57. The molecule has 1 aromatic rings. The summed E-state index contributed by atoms with van der Waals surface area (Å²) in [5, 5.41) is 3.37. The lowest BCUT2D eigenvalue weighted by Gasteiger charge is -2.19. The van der Waals surface area contributed by atoms with Crippen molar-refractivity contribution in [3.8, 4) is 5.75 Å². The zero-order chi connectivity index (χ0) is 11.9. The Bertz CT molecular complexity index is 427. The van der Waals surface area contributed by atoms with Crippen LogP contribution in [0, 0.1) is 11.6 Å². The van der Waals surface area contributed by atoms with Gasteiger partial charge in [-0.25, -0.2) is 8.78 Å². The van der Waals surface area contributed by atoms with E-state index in [-0.39, 0.29) is 11.4 Å². The van der Waals surface area contributed by atoms with Crippen LogP contribution in [-0.4, -0.2) is 18.2 Å². The number of halogens is 2. The first-order chi connectivity index (χ1) is 8.17. The quantitative estimate of drug-likeness (QED) is 0.852. The van der Waals surface area contributed by atoms with Crippen molar-refractivity contribution >= 4 is 0 Å². The van der Waals surface area contributed by atoms with Gasteiger partial charge in [-0.3, -0.25) is 0 Å². The minimum absolute atomic E-state index is 0.0279. The van der Waals surface area contributed by atoms with E-state index in [4.69, 9.17) is 4.74 Å². The summed E-state index contributed by atoms with van der Waals surface area (Å²) in [7, 11) is 0. The zero-order valence-corrected chi connectivity index (χ0v) is 9.51. The van der Waals surface area contributed by atoms with Crippen LogP contribution in [0.15, 0.2) is 18.2 Å². The average Bonchev–Trinajstić information content (AvgIpc) is 3.16. The van der Waals surface area contributed by atoms with Crippen LogP contribution in [0.3, 0.4) is 0 Å². The Hall–Kier alpha value is -1.16. The van der Waals surface area contributed by atoms with Crippen molar-refractivity contribution < 1.29 is 13.5 Å². The van der Waals surface area contributed by atoms with Gasteiger partial charge in [0.05, 0.1) is 0 Å². The molecule has 3 rings (SSSR count). The predicted octanol–water partition coefficient (Wildman–Crippen LogP) is 2.63. The Morgan fingerprint density at radius 3 is 2.71 bits per heavy atom. The molecular weight excluding hydrogens is 224 g/mol. The Morgan fingerprint density at radius 1 is 1.29 bits per heavy atom. The molecule has 0 radical (unpaired) electrons. The second kappa shape index (κ2) is 3.95. The summed E-state index contributed by atoms with van der Waals surface area (Å²) >= 11 is 0. The van der Waals surface area contributed by atoms with E-state index < -0.39 is 11.6 Å². The Kier molecular flexibility index (Phi) is 2.54. The SMILES string of the molecule is Fc1ccc(F)c(OC2(CNC3CC3)CC2)c1. The summed E-state index contributed by atoms with van der Waals surface area (Å²) < 4.78 is 32.1. The van der Waals surface area contributed by atoms with E-state index in [1.54, 1.807) is 0 Å². The van der Waals surface area contributed by atoms with Crippen molar-refractivity contribution in [2.24, 2.45) is 0 Å². The topological polar surface area (TPSA) is 21.3 Å². The van der Waals surface area contributed by atoms with Crippen molar-refractivity contribution in [1.82, 2.24) is 5.32 Å². The number of hydrogen-bond acceptors (Lipinski definition) is 2. The van der Waals surface area contributed by atoms with Crippen molar-refractivity contribution in [1.29, 1.82) is 0 Å². The summed E-state index contributed by atoms with van der Waals surface area (Å²) in [4.78, 5) is 0. The Labute approximate surface area is 99.0 Å². The first-order valence-electron chi connectivity index (χ1n) is 6.04. The molecule has 0 spiro atoms. The molecule has 2 saturated carbocycles. The van der Waals surface area contributed by atoms with E-state index in [0.29, 0.717) is 6.04 Å². The molecule has 0 aromatic heterocycles. The maximum absolute atomic E-state index is 13.4. The van der Waals surface area contributed by atoms with E-state index >= 15 is 0 Å². The van der Waals surface area contributed by atoms with Crippen molar-refractivity contribution in [2.75, 3.05) is 6.54 Å². The molecule has 0 bridgehead atoms. The molecule has 0 aliphatic heterocycles. The average molecular weight is 239 g/mol. The maximum Gasteiger partial charge on any atom is 0.165 e. The first kappa shape index (κ1) is 11.0. The lowest BCUT2D eigenvalue weighted by Crippen LogP contribution is -2.34. The fourth-order valence-electron chi connectivity index (χ4n) is 1.86. The summed E-state index contributed by atoms with van der Waals surface area (Å²) in [5.41, 5.74) is -0.308. The fraction of sp³-hybridized carbons (Fsp3) is 0.538. The highest BCUT2D eigenvalue weighted by atomic mass is 19.1. The van der Waals surface area contributed by atoms with Crippen LogP contribution in [0.4, 0.5) is 8.78 Å². The van der Waals surface area contributed by atoms with E-state index in [0.717, 1.165) is 37.6 Å². The van der Waals surface area contributed by atoms with Gasteiger partial charge in [0, 0.05) is 18.7 Å². The molecule has 2 aliphatic carbocycles. The summed E-state index contributed by atoms with van der Waals surface area (Å²) in [6.07, 6.45) is 4.24. The van der Waals surface area contributed by atoms with Crippen molar-refractivity contribution in [3.63, 3.8) is 0 Å². The molecule has 0 atom stereocenters. The molecule has 1 aromatic carbocycles. The van der Waals surface area contributed by atoms with Crippen LogP contribution in [0.25, 0.3) is 0 Å². The third-order valence-electron chi connectivity index (χ3n) is 3.32. The number of nitrogens with one attached hydrogen (secondary N) is 1. The van der Waals surface area contributed by atoms with Gasteiger partial charge in [-0.15, -0.1) is 0 Å². The fourth-order valence-corrected chi connectivity index (χ4v) is 1.86. The molecule has 0 heterocycles. The molecular formula is C13H15F2NO. The van der Waals surface area contributed by atoms with Gasteiger partial charge in [0.25, 0.3) is 0 Å². The molecule has 17 heavy (non-hydrogen) atoms.